The van der Waals surface area contributed by atoms with Crippen LogP contribution in [0.2, 0.25) is 0 Å². The smallest absolute Gasteiger partial charge is 0.0817 e. The molecular weight excluding hydrogens is 264 g/mol. The molecule has 0 saturated carbocycles. The van der Waals surface area contributed by atoms with E-state index in [1.807, 2.05) is 17.9 Å². The molecule has 1 fully saturated rings. The van der Waals surface area contributed by atoms with Gasteiger partial charge in [0.25, 0.3) is 0 Å². The molecule has 2 heterocycles. The minimum absolute atomic E-state index is 0.817. The SMILES string of the molecule is CN(Cc1ccn(C)n1)c1ccc(N2CCOCC2)cc1. The van der Waals surface area contributed by atoms with Crippen LogP contribution in [0.3, 0.4) is 0 Å². The first-order valence-corrected chi connectivity index (χ1v) is 7.35. The van der Waals surface area contributed by atoms with Crippen LogP contribution in [0.5, 0.6) is 0 Å². The lowest BCUT2D eigenvalue weighted by molar-refractivity contribution is 0.122. The van der Waals surface area contributed by atoms with E-state index in [2.05, 4.69) is 52.3 Å². The van der Waals surface area contributed by atoms with Gasteiger partial charge in [0.05, 0.1) is 25.5 Å². The van der Waals surface area contributed by atoms with E-state index in [9.17, 15) is 0 Å². The van der Waals surface area contributed by atoms with Crippen molar-refractivity contribution in [2.24, 2.45) is 7.05 Å². The van der Waals surface area contributed by atoms with Gasteiger partial charge in [-0.2, -0.15) is 5.10 Å². The van der Waals surface area contributed by atoms with Gasteiger partial charge in [-0.05, 0) is 30.3 Å². The molecule has 1 aromatic heterocycles. The van der Waals surface area contributed by atoms with Crippen LogP contribution in [0.1, 0.15) is 5.69 Å². The fourth-order valence-corrected chi connectivity index (χ4v) is 2.62. The van der Waals surface area contributed by atoms with Gasteiger partial charge in [-0.1, -0.05) is 0 Å². The molecule has 0 amide bonds. The Morgan fingerprint density at radius 2 is 1.86 bits per heavy atom. The first-order valence-electron chi connectivity index (χ1n) is 7.35. The average Bonchev–Trinajstić information content (AvgIpc) is 2.93. The lowest BCUT2D eigenvalue weighted by Gasteiger charge is -2.29. The summed E-state index contributed by atoms with van der Waals surface area (Å²) in [5, 5.41) is 4.42. The fourth-order valence-electron chi connectivity index (χ4n) is 2.62. The Labute approximate surface area is 125 Å². The van der Waals surface area contributed by atoms with Crippen LogP contribution in [-0.4, -0.2) is 43.1 Å². The van der Waals surface area contributed by atoms with E-state index in [0.29, 0.717) is 0 Å². The zero-order chi connectivity index (χ0) is 14.7. The first kappa shape index (κ1) is 13.9. The molecule has 3 rings (SSSR count). The normalized spacial score (nSPS) is 15.2. The number of aryl methyl sites for hydroxylation is 1. The number of benzene rings is 1. The molecule has 21 heavy (non-hydrogen) atoms. The van der Waals surface area contributed by atoms with Crippen LogP contribution in [0, 0.1) is 0 Å². The fraction of sp³-hybridized carbons (Fsp3) is 0.438. The molecular formula is C16H22N4O. The molecule has 0 spiro atoms. The van der Waals surface area contributed by atoms with Gasteiger partial charge in [0.1, 0.15) is 0 Å². The Kier molecular flexibility index (Phi) is 4.10. The molecule has 5 nitrogen and oxygen atoms in total. The molecule has 112 valence electrons. The molecule has 0 unspecified atom stereocenters. The maximum Gasteiger partial charge on any atom is 0.0817 e. The van der Waals surface area contributed by atoms with Gasteiger partial charge in [0.2, 0.25) is 0 Å². The quantitative estimate of drug-likeness (QED) is 0.859. The minimum Gasteiger partial charge on any atom is -0.378 e. The second-order valence-corrected chi connectivity index (χ2v) is 5.45. The molecule has 0 N–H and O–H groups in total. The summed E-state index contributed by atoms with van der Waals surface area (Å²) in [7, 11) is 4.04. The second kappa shape index (κ2) is 6.18. The van der Waals surface area contributed by atoms with E-state index in [1.165, 1.54) is 11.4 Å². The maximum atomic E-state index is 5.39. The molecule has 0 atom stereocenters. The Hall–Kier alpha value is -2.01. The third-order valence-corrected chi connectivity index (χ3v) is 3.83. The predicted octanol–water partition coefficient (Wildman–Crippen LogP) is 1.89. The van der Waals surface area contributed by atoms with Crippen LogP contribution >= 0.6 is 0 Å². The number of hydrogen-bond donors (Lipinski definition) is 0. The van der Waals surface area contributed by atoms with E-state index < -0.39 is 0 Å². The van der Waals surface area contributed by atoms with E-state index >= 15 is 0 Å². The number of aromatic nitrogens is 2. The van der Waals surface area contributed by atoms with Crippen molar-refractivity contribution in [1.29, 1.82) is 0 Å². The molecule has 1 aliphatic rings. The van der Waals surface area contributed by atoms with Gasteiger partial charge in [0.15, 0.2) is 0 Å². The number of ether oxygens (including phenoxy) is 1. The first-order chi connectivity index (χ1) is 10.2. The van der Waals surface area contributed by atoms with Crippen molar-refractivity contribution in [3.8, 4) is 0 Å². The van der Waals surface area contributed by atoms with Crippen LogP contribution < -0.4 is 9.80 Å². The topological polar surface area (TPSA) is 33.5 Å². The zero-order valence-electron chi connectivity index (χ0n) is 12.7. The summed E-state index contributed by atoms with van der Waals surface area (Å²) in [6.07, 6.45) is 1.98. The lowest BCUT2D eigenvalue weighted by atomic mass is 10.2. The molecule has 1 aromatic carbocycles. The molecule has 2 aromatic rings. The van der Waals surface area contributed by atoms with Crippen LogP contribution in [0.4, 0.5) is 11.4 Å². The predicted molar refractivity (Wildman–Crippen MR) is 84.8 cm³/mol. The number of morpholine rings is 1. The highest BCUT2D eigenvalue weighted by molar-refractivity contribution is 5.56. The van der Waals surface area contributed by atoms with Crippen molar-refractivity contribution in [3.05, 3.63) is 42.2 Å². The summed E-state index contributed by atoms with van der Waals surface area (Å²) in [5.74, 6) is 0. The highest BCUT2D eigenvalue weighted by Crippen LogP contribution is 2.21. The van der Waals surface area contributed by atoms with E-state index in [0.717, 1.165) is 38.5 Å². The van der Waals surface area contributed by atoms with Crippen molar-refractivity contribution in [1.82, 2.24) is 9.78 Å². The molecule has 1 aliphatic heterocycles. The number of anilines is 2. The Balaban J connectivity index is 1.65. The minimum atomic E-state index is 0.817. The standard InChI is InChI=1S/C16H22N4O/c1-18(13-14-7-8-19(2)17-14)15-3-5-16(6-4-15)20-9-11-21-12-10-20/h3-8H,9-13H2,1-2H3. The summed E-state index contributed by atoms with van der Waals surface area (Å²) in [6.45, 7) is 4.41. The van der Waals surface area contributed by atoms with Gasteiger partial charge >= 0.3 is 0 Å². The van der Waals surface area contributed by atoms with Crippen LogP contribution in [0.25, 0.3) is 0 Å². The second-order valence-electron chi connectivity index (χ2n) is 5.45. The van der Waals surface area contributed by atoms with Gasteiger partial charge < -0.3 is 14.5 Å². The zero-order valence-corrected chi connectivity index (χ0v) is 12.7. The Morgan fingerprint density at radius 1 is 1.14 bits per heavy atom. The molecule has 0 aliphatic carbocycles. The van der Waals surface area contributed by atoms with Gasteiger partial charge in [-0.3, -0.25) is 4.68 Å². The molecule has 5 heteroatoms. The maximum absolute atomic E-state index is 5.39. The largest absolute Gasteiger partial charge is 0.378 e. The summed E-state index contributed by atoms with van der Waals surface area (Å²) in [6, 6.07) is 10.8. The summed E-state index contributed by atoms with van der Waals surface area (Å²) in [4.78, 5) is 4.58. The van der Waals surface area contributed by atoms with Crippen molar-refractivity contribution < 1.29 is 4.74 Å². The van der Waals surface area contributed by atoms with Crippen molar-refractivity contribution >= 4 is 11.4 Å². The number of hydrogen-bond acceptors (Lipinski definition) is 4. The summed E-state index contributed by atoms with van der Waals surface area (Å²) < 4.78 is 7.23. The Morgan fingerprint density at radius 3 is 2.48 bits per heavy atom. The number of rotatable bonds is 4. The molecule has 0 bridgehead atoms. The lowest BCUT2D eigenvalue weighted by Crippen LogP contribution is -2.36. The number of nitrogens with zero attached hydrogens (tertiary/aromatic N) is 4. The van der Waals surface area contributed by atoms with Crippen molar-refractivity contribution in [2.45, 2.75) is 6.54 Å². The highest BCUT2D eigenvalue weighted by atomic mass is 16.5. The van der Waals surface area contributed by atoms with E-state index in [-0.39, 0.29) is 0 Å². The Bertz CT molecular complexity index is 572. The van der Waals surface area contributed by atoms with Gasteiger partial charge in [0, 0.05) is 44.8 Å². The van der Waals surface area contributed by atoms with E-state index in [4.69, 9.17) is 4.74 Å². The molecule has 0 radical (unpaired) electrons. The average molecular weight is 286 g/mol. The van der Waals surface area contributed by atoms with Crippen molar-refractivity contribution in [2.75, 3.05) is 43.2 Å². The summed E-state index contributed by atoms with van der Waals surface area (Å²) in [5.41, 5.74) is 3.56. The van der Waals surface area contributed by atoms with Gasteiger partial charge in [-0.15, -0.1) is 0 Å². The third kappa shape index (κ3) is 3.36. The third-order valence-electron chi connectivity index (χ3n) is 3.83. The molecule has 1 saturated heterocycles. The van der Waals surface area contributed by atoms with Gasteiger partial charge in [-0.25, -0.2) is 0 Å². The van der Waals surface area contributed by atoms with Crippen LogP contribution in [-0.2, 0) is 18.3 Å². The van der Waals surface area contributed by atoms with Crippen molar-refractivity contribution in [3.63, 3.8) is 0 Å². The highest BCUT2D eigenvalue weighted by Gasteiger charge is 2.11. The van der Waals surface area contributed by atoms with E-state index in [1.54, 1.807) is 0 Å². The summed E-state index contributed by atoms with van der Waals surface area (Å²) >= 11 is 0. The van der Waals surface area contributed by atoms with Crippen LogP contribution in [0.15, 0.2) is 36.5 Å². The monoisotopic (exact) mass is 286 g/mol.